The predicted molar refractivity (Wildman–Crippen MR) is 111 cm³/mol. The van der Waals surface area contributed by atoms with E-state index in [-0.39, 0.29) is 42.4 Å². The number of fused-ring (bicyclic) bond motifs is 1. The van der Waals surface area contributed by atoms with Crippen molar-refractivity contribution in [2.24, 2.45) is 29.6 Å². The number of carbonyl (C=O) groups excluding carboxylic acids is 2. The zero-order chi connectivity index (χ0) is 21.1. The minimum atomic E-state index is -0.597. The van der Waals surface area contributed by atoms with Gasteiger partial charge in [0.05, 0.1) is 18.4 Å². The van der Waals surface area contributed by atoms with Crippen LogP contribution in [0.1, 0.15) is 66.2 Å². The van der Waals surface area contributed by atoms with Gasteiger partial charge in [0, 0.05) is 12.3 Å². The number of allylic oxidation sites excluding steroid dienone is 3. The normalized spacial score (nSPS) is 37.9. The topological polar surface area (TPSA) is 72.8 Å². The van der Waals surface area contributed by atoms with Crippen LogP contribution >= 0.6 is 0 Å². The number of rotatable bonds is 6. The number of aliphatic hydroxyl groups is 1. The summed E-state index contributed by atoms with van der Waals surface area (Å²) in [7, 11) is 0. The van der Waals surface area contributed by atoms with Crippen LogP contribution in [-0.2, 0) is 19.1 Å². The maximum Gasteiger partial charge on any atom is 0.308 e. The zero-order valence-corrected chi connectivity index (χ0v) is 18.2. The summed E-state index contributed by atoms with van der Waals surface area (Å²) in [5, 5.41) is 9.89. The second-order valence-electron chi connectivity index (χ2n) is 9.36. The Morgan fingerprint density at radius 2 is 2.07 bits per heavy atom. The summed E-state index contributed by atoms with van der Waals surface area (Å²) >= 11 is 0. The van der Waals surface area contributed by atoms with Gasteiger partial charge in [-0.1, -0.05) is 45.9 Å². The first-order valence-electron chi connectivity index (χ1n) is 11.3. The molecule has 0 amide bonds. The summed E-state index contributed by atoms with van der Waals surface area (Å²) in [6, 6.07) is 0. The van der Waals surface area contributed by atoms with E-state index in [4.69, 9.17) is 9.47 Å². The van der Waals surface area contributed by atoms with E-state index in [2.05, 4.69) is 32.1 Å². The molecule has 1 N–H and O–H groups in total. The van der Waals surface area contributed by atoms with Crippen molar-refractivity contribution >= 4 is 11.9 Å². The van der Waals surface area contributed by atoms with E-state index in [0.717, 1.165) is 25.7 Å². The molecule has 5 heteroatoms. The molecule has 3 aliphatic rings. The number of carbonyl (C=O) groups is 2. The second-order valence-corrected chi connectivity index (χ2v) is 9.36. The molecule has 0 spiro atoms. The number of cyclic esters (lactones) is 1. The molecule has 8 atom stereocenters. The first-order valence-corrected chi connectivity index (χ1v) is 11.3. The molecule has 3 unspecified atom stereocenters. The van der Waals surface area contributed by atoms with Crippen LogP contribution in [0.4, 0.5) is 0 Å². The average Bonchev–Trinajstić information content (AvgIpc) is 2.65. The van der Waals surface area contributed by atoms with Gasteiger partial charge in [-0.3, -0.25) is 9.59 Å². The highest BCUT2D eigenvalue weighted by Crippen LogP contribution is 2.45. The van der Waals surface area contributed by atoms with E-state index < -0.39 is 6.10 Å². The van der Waals surface area contributed by atoms with Gasteiger partial charge in [0.2, 0.25) is 0 Å². The smallest absolute Gasteiger partial charge is 0.308 e. The SMILES string of the molecule is CC[C@H](C)C(=O)OC1CC(C)C=C2C=C[C@H](C)[C@H](CC[C@@H]3CC(O)CC(=O)O3)[C@H]21. The Labute approximate surface area is 174 Å². The van der Waals surface area contributed by atoms with Crippen molar-refractivity contribution in [1.29, 1.82) is 0 Å². The molecule has 29 heavy (non-hydrogen) atoms. The van der Waals surface area contributed by atoms with Gasteiger partial charge >= 0.3 is 11.9 Å². The van der Waals surface area contributed by atoms with Crippen molar-refractivity contribution in [2.75, 3.05) is 0 Å². The lowest BCUT2D eigenvalue weighted by Crippen LogP contribution is -2.42. The molecule has 5 nitrogen and oxygen atoms in total. The summed E-state index contributed by atoms with van der Waals surface area (Å²) in [4.78, 5) is 24.2. The van der Waals surface area contributed by atoms with Crippen molar-refractivity contribution in [3.05, 3.63) is 23.8 Å². The quantitative estimate of drug-likeness (QED) is 0.672. The van der Waals surface area contributed by atoms with Crippen LogP contribution in [-0.4, -0.2) is 35.4 Å². The standard InChI is InChI=1S/C24H36O5/c1-5-15(3)24(27)29-21-11-14(2)10-17-7-6-16(4)20(23(17)21)9-8-19-12-18(25)13-22(26)28-19/h6-7,10,14-16,18-21,23,25H,5,8-9,11-13H2,1-4H3/t14?,15-,16-,18?,19+,20-,21?,23-/m0/s1. The Hall–Kier alpha value is -1.62. The predicted octanol–water partition coefficient (Wildman–Crippen LogP) is 4.20. The van der Waals surface area contributed by atoms with Crippen LogP contribution in [0.2, 0.25) is 0 Å². The highest BCUT2D eigenvalue weighted by Gasteiger charge is 2.42. The fraction of sp³-hybridized carbons (Fsp3) is 0.750. The van der Waals surface area contributed by atoms with E-state index in [0.29, 0.717) is 24.2 Å². The lowest BCUT2D eigenvalue weighted by molar-refractivity contribution is -0.162. The lowest BCUT2D eigenvalue weighted by atomic mass is 9.65. The van der Waals surface area contributed by atoms with Crippen LogP contribution in [0.15, 0.2) is 23.8 Å². The highest BCUT2D eigenvalue weighted by molar-refractivity contribution is 5.72. The Balaban J connectivity index is 1.74. The largest absolute Gasteiger partial charge is 0.462 e. The number of hydrogen-bond acceptors (Lipinski definition) is 5. The van der Waals surface area contributed by atoms with Crippen LogP contribution < -0.4 is 0 Å². The molecular formula is C24H36O5. The van der Waals surface area contributed by atoms with Crippen LogP contribution in [0.5, 0.6) is 0 Å². The van der Waals surface area contributed by atoms with Crippen molar-refractivity contribution in [1.82, 2.24) is 0 Å². The molecule has 1 aliphatic heterocycles. The fourth-order valence-electron chi connectivity index (χ4n) is 5.07. The summed E-state index contributed by atoms with van der Waals surface area (Å²) < 4.78 is 11.5. The fourth-order valence-corrected chi connectivity index (χ4v) is 5.07. The molecule has 1 fully saturated rings. The first kappa shape index (κ1) is 22.1. The molecule has 1 heterocycles. The second kappa shape index (κ2) is 9.46. The van der Waals surface area contributed by atoms with Crippen LogP contribution in [0.3, 0.4) is 0 Å². The number of hydrogen-bond donors (Lipinski definition) is 1. The Morgan fingerprint density at radius 3 is 2.76 bits per heavy atom. The third-order valence-electron chi connectivity index (χ3n) is 6.93. The maximum absolute atomic E-state index is 12.5. The Morgan fingerprint density at radius 1 is 1.31 bits per heavy atom. The van der Waals surface area contributed by atoms with Gasteiger partial charge in [-0.25, -0.2) is 0 Å². The van der Waals surface area contributed by atoms with Gasteiger partial charge < -0.3 is 14.6 Å². The summed E-state index contributed by atoms with van der Waals surface area (Å²) in [6.07, 6.45) is 9.70. The minimum absolute atomic E-state index is 0.0854. The van der Waals surface area contributed by atoms with E-state index in [1.54, 1.807) is 0 Å². The third kappa shape index (κ3) is 5.30. The Kier molecular flexibility index (Phi) is 7.20. The van der Waals surface area contributed by atoms with Gasteiger partial charge in [0.15, 0.2) is 0 Å². The van der Waals surface area contributed by atoms with Gasteiger partial charge in [-0.15, -0.1) is 0 Å². The van der Waals surface area contributed by atoms with Crippen molar-refractivity contribution in [3.63, 3.8) is 0 Å². The molecule has 3 rings (SSSR count). The van der Waals surface area contributed by atoms with E-state index in [9.17, 15) is 14.7 Å². The Bertz CT molecular complexity index is 666. The van der Waals surface area contributed by atoms with Crippen molar-refractivity contribution in [2.45, 2.75) is 84.5 Å². The molecular weight excluding hydrogens is 368 g/mol. The van der Waals surface area contributed by atoms with Crippen LogP contribution in [0, 0.1) is 29.6 Å². The molecule has 0 aromatic heterocycles. The summed E-state index contributed by atoms with van der Waals surface area (Å²) in [6.45, 7) is 8.33. The van der Waals surface area contributed by atoms with Gasteiger partial charge in [0.25, 0.3) is 0 Å². The molecule has 2 aliphatic carbocycles. The zero-order valence-electron chi connectivity index (χ0n) is 18.2. The molecule has 0 saturated carbocycles. The van der Waals surface area contributed by atoms with E-state index >= 15 is 0 Å². The van der Waals surface area contributed by atoms with Crippen molar-refractivity contribution in [3.8, 4) is 0 Å². The minimum Gasteiger partial charge on any atom is -0.462 e. The van der Waals surface area contributed by atoms with Crippen molar-refractivity contribution < 1.29 is 24.2 Å². The lowest BCUT2D eigenvalue weighted by Gasteiger charge is -2.43. The van der Waals surface area contributed by atoms with Gasteiger partial charge in [0.1, 0.15) is 12.2 Å². The molecule has 0 bridgehead atoms. The molecule has 0 aromatic carbocycles. The molecule has 0 radical (unpaired) electrons. The van der Waals surface area contributed by atoms with E-state index in [1.165, 1.54) is 5.57 Å². The average molecular weight is 405 g/mol. The monoisotopic (exact) mass is 404 g/mol. The number of aliphatic hydroxyl groups excluding tert-OH is 1. The maximum atomic E-state index is 12.5. The summed E-state index contributed by atoms with van der Waals surface area (Å²) in [5.41, 5.74) is 1.27. The first-order chi connectivity index (χ1) is 13.8. The molecule has 0 aromatic rings. The van der Waals surface area contributed by atoms with E-state index in [1.807, 2.05) is 13.8 Å². The number of ether oxygens (including phenoxy) is 2. The molecule has 162 valence electrons. The third-order valence-corrected chi connectivity index (χ3v) is 6.93. The van der Waals surface area contributed by atoms with Gasteiger partial charge in [-0.2, -0.15) is 0 Å². The molecule has 1 saturated heterocycles. The van der Waals surface area contributed by atoms with Crippen LogP contribution in [0.25, 0.3) is 0 Å². The number of esters is 2. The highest BCUT2D eigenvalue weighted by atomic mass is 16.5. The van der Waals surface area contributed by atoms with Gasteiger partial charge in [-0.05, 0) is 49.0 Å². The summed E-state index contributed by atoms with van der Waals surface area (Å²) in [5.74, 6) is 0.755.